The molecule has 0 spiro atoms. The molecule has 3 rings (SSSR count). The summed E-state index contributed by atoms with van der Waals surface area (Å²) in [4.78, 5) is 1.33. The molecule has 0 saturated carbocycles. The van der Waals surface area contributed by atoms with E-state index < -0.39 is 0 Å². The summed E-state index contributed by atoms with van der Waals surface area (Å²) >= 11 is 6.39. The lowest BCUT2D eigenvalue weighted by atomic mass is 9.96. The first-order valence-electron chi connectivity index (χ1n) is 10.1. The van der Waals surface area contributed by atoms with Crippen molar-refractivity contribution in [2.75, 3.05) is 17.9 Å². The van der Waals surface area contributed by atoms with Crippen molar-refractivity contribution in [2.45, 2.75) is 56.9 Å². The lowest BCUT2D eigenvalue weighted by Crippen LogP contribution is -2.24. The van der Waals surface area contributed by atoms with Gasteiger partial charge in [-0.3, -0.25) is 0 Å². The Morgan fingerprint density at radius 3 is 2.63 bits per heavy atom. The molecule has 0 aliphatic carbocycles. The van der Waals surface area contributed by atoms with Crippen LogP contribution in [0.25, 0.3) is 0 Å². The van der Waals surface area contributed by atoms with Crippen molar-refractivity contribution in [3.05, 3.63) is 58.6 Å². The minimum Gasteiger partial charge on any atom is -0.321 e. The van der Waals surface area contributed by atoms with E-state index in [4.69, 9.17) is 11.6 Å². The number of para-hydroxylation sites is 1. The Labute approximate surface area is 172 Å². The van der Waals surface area contributed by atoms with Crippen molar-refractivity contribution in [3.8, 4) is 0 Å². The summed E-state index contributed by atoms with van der Waals surface area (Å²) < 4.78 is 2.40. The highest BCUT2D eigenvalue weighted by molar-refractivity contribution is 8.16. The van der Waals surface area contributed by atoms with E-state index in [-0.39, 0.29) is 16.7 Å². The molecule has 2 nitrogen and oxygen atoms in total. The van der Waals surface area contributed by atoms with Gasteiger partial charge in [-0.05, 0) is 54.6 Å². The van der Waals surface area contributed by atoms with Gasteiger partial charge in [-0.2, -0.15) is 0 Å². The minimum atomic E-state index is -0.109. The third-order valence-corrected chi connectivity index (χ3v) is 7.52. The molecule has 2 unspecified atom stereocenters. The van der Waals surface area contributed by atoms with Gasteiger partial charge in [0.2, 0.25) is 0 Å². The highest BCUT2D eigenvalue weighted by Gasteiger charge is 2.27. The standard InChI is InChI=1S/C23H31ClN2S/c1-4-6-7-8-11-16-25-23-19-12-9-10-13-21(19)26(3)27(5-2)22-17-18(24)14-15-20(22)23/h5,9-10,12-15,17,23,25H,4,6-8,11,16H2,1-3H3. The van der Waals surface area contributed by atoms with Gasteiger partial charge >= 0.3 is 0 Å². The van der Waals surface area contributed by atoms with Crippen LogP contribution in [0.3, 0.4) is 0 Å². The molecule has 2 aromatic rings. The van der Waals surface area contributed by atoms with Crippen molar-refractivity contribution in [3.63, 3.8) is 0 Å². The first-order chi connectivity index (χ1) is 13.2. The third kappa shape index (κ3) is 4.59. The number of nitrogens with zero attached hydrogens (tertiary/aromatic N) is 1. The van der Waals surface area contributed by atoms with Gasteiger partial charge in [0, 0.05) is 17.0 Å². The van der Waals surface area contributed by atoms with Gasteiger partial charge in [0.1, 0.15) is 0 Å². The van der Waals surface area contributed by atoms with Crippen molar-refractivity contribution >= 4 is 33.3 Å². The average molecular weight is 403 g/mol. The van der Waals surface area contributed by atoms with Crippen LogP contribution in [0, 0.1) is 0 Å². The zero-order valence-corrected chi connectivity index (χ0v) is 18.2. The fourth-order valence-corrected chi connectivity index (χ4v) is 6.00. The predicted octanol–water partition coefficient (Wildman–Crippen LogP) is 6.80. The molecule has 1 heterocycles. The van der Waals surface area contributed by atoms with Gasteiger partial charge in [-0.15, -0.1) is 0 Å². The SMILES string of the molecule is C/C=S1/c2cc(Cl)ccc2C(NCCCCCCC)c2ccccc2N1C. The lowest BCUT2D eigenvalue weighted by molar-refractivity contribution is 0.546. The van der Waals surface area contributed by atoms with Gasteiger partial charge in [0.05, 0.1) is 11.7 Å². The van der Waals surface area contributed by atoms with E-state index in [1.807, 2.05) is 6.07 Å². The van der Waals surface area contributed by atoms with Gasteiger partial charge in [-0.25, -0.2) is 0 Å². The summed E-state index contributed by atoms with van der Waals surface area (Å²) in [6, 6.07) is 15.4. The molecule has 4 heteroatoms. The molecule has 0 saturated heterocycles. The summed E-state index contributed by atoms with van der Waals surface area (Å²) in [5.74, 6) is 0. The molecule has 1 aliphatic heterocycles. The van der Waals surface area contributed by atoms with E-state index >= 15 is 0 Å². The van der Waals surface area contributed by atoms with Crippen LogP contribution in [0.5, 0.6) is 0 Å². The molecule has 2 aromatic carbocycles. The second kappa shape index (κ2) is 9.77. The Morgan fingerprint density at radius 2 is 1.85 bits per heavy atom. The zero-order chi connectivity index (χ0) is 19.2. The molecule has 0 amide bonds. The molecular weight excluding hydrogens is 372 g/mol. The number of nitrogens with one attached hydrogen (secondary N) is 1. The molecule has 146 valence electrons. The minimum absolute atomic E-state index is 0.109. The predicted molar refractivity (Wildman–Crippen MR) is 122 cm³/mol. The van der Waals surface area contributed by atoms with E-state index in [1.54, 1.807) is 0 Å². The van der Waals surface area contributed by atoms with Crippen molar-refractivity contribution in [1.82, 2.24) is 5.32 Å². The number of hydrogen-bond donors (Lipinski definition) is 1. The molecule has 0 radical (unpaired) electrons. The van der Waals surface area contributed by atoms with Crippen LogP contribution in [0.4, 0.5) is 5.69 Å². The summed E-state index contributed by atoms with van der Waals surface area (Å²) in [5, 5.41) is 6.96. The highest BCUT2D eigenvalue weighted by atomic mass is 35.5. The monoisotopic (exact) mass is 402 g/mol. The number of unbranched alkanes of at least 4 members (excludes halogenated alkanes) is 4. The Hall–Kier alpha value is -1.29. The van der Waals surface area contributed by atoms with Crippen LogP contribution >= 0.6 is 22.3 Å². The highest BCUT2D eigenvalue weighted by Crippen LogP contribution is 2.46. The van der Waals surface area contributed by atoms with Gasteiger partial charge in [0.25, 0.3) is 0 Å². The van der Waals surface area contributed by atoms with E-state index in [1.165, 1.54) is 53.8 Å². The van der Waals surface area contributed by atoms with Gasteiger partial charge in [0.15, 0.2) is 0 Å². The Kier molecular flexibility index (Phi) is 7.40. The molecule has 1 aliphatic rings. The van der Waals surface area contributed by atoms with Crippen LogP contribution in [0.15, 0.2) is 47.4 Å². The molecule has 0 bridgehead atoms. The second-order valence-electron chi connectivity index (χ2n) is 7.09. The van der Waals surface area contributed by atoms with Crippen molar-refractivity contribution < 1.29 is 0 Å². The van der Waals surface area contributed by atoms with Crippen LogP contribution in [-0.2, 0) is 0 Å². The molecule has 2 atom stereocenters. The molecule has 27 heavy (non-hydrogen) atoms. The number of halogens is 1. The Bertz CT molecular complexity index is 803. The number of hydrogen-bond acceptors (Lipinski definition) is 2. The third-order valence-electron chi connectivity index (χ3n) is 5.25. The van der Waals surface area contributed by atoms with Crippen LogP contribution in [0.1, 0.15) is 63.1 Å². The molecule has 1 N–H and O–H groups in total. The van der Waals surface area contributed by atoms with Crippen LogP contribution in [-0.4, -0.2) is 19.0 Å². The van der Waals surface area contributed by atoms with Crippen molar-refractivity contribution in [2.24, 2.45) is 0 Å². The van der Waals surface area contributed by atoms with E-state index in [0.717, 1.165) is 11.6 Å². The first kappa shape index (κ1) is 20.4. The molecule has 0 fully saturated rings. The average Bonchev–Trinajstić information content (AvgIpc) is 2.77. The van der Waals surface area contributed by atoms with Crippen LogP contribution in [0.2, 0.25) is 5.02 Å². The largest absolute Gasteiger partial charge is 0.321 e. The number of rotatable bonds is 7. The summed E-state index contributed by atoms with van der Waals surface area (Å²) in [7, 11) is 2.09. The molecular formula is C23H31ClN2S. The van der Waals surface area contributed by atoms with Gasteiger partial charge < -0.3 is 9.62 Å². The lowest BCUT2D eigenvalue weighted by Gasteiger charge is -2.24. The summed E-state index contributed by atoms with van der Waals surface area (Å²) in [6.07, 6.45) is 6.49. The molecule has 0 aromatic heterocycles. The van der Waals surface area contributed by atoms with E-state index in [2.05, 4.69) is 72.3 Å². The van der Waals surface area contributed by atoms with E-state index in [9.17, 15) is 0 Å². The fourth-order valence-electron chi connectivity index (χ4n) is 3.85. The fraction of sp³-hybridized carbons (Fsp3) is 0.435. The summed E-state index contributed by atoms with van der Waals surface area (Å²) in [6.45, 7) is 5.45. The number of anilines is 1. The maximum atomic E-state index is 6.39. The second-order valence-corrected chi connectivity index (χ2v) is 9.61. The Balaban J connectivity index is 1.95. The summed E-state index contributed by atoms with van der Waals surface area (Å²) in [5.41, 5.74) is 4.01. The number of fused-ring (bicyclic) bond motifs is 2. The topological polar surface area (TPSA) is 15.3 Å². The smallest absolute Gasteiger partial charge is 0.0609 e. The normalized spacial score (nSPS) is 18.9. The van der Waals surface area contributed by atoms with E-state index in [0.29, 0.717) is 0 Å². The maximum Gasteiger partial charge on any atom is 0.0609 e. The number of benzene rings is 2. The van der Waals surface area contributed by atoms with Crippen LogP contribution < -0.4 is 9.62 Å². The quantitative estimate of drug-likeness (QED) is 0.404. The maximum absolute atomic E-state index is 6.39. The van der Waals surface area contributed by atoms with Gasteiger partial charge in [-0.1, -0.05) is 79.1 Å². The first-order valence-corrected chi connectivity index (χ1v) is 11.7. The zero-order valence-electron chi connectivity index (χ0n) is 16.7. The Morgan fingerprint density at radius 1 is 1.07 bits per heavy atom. The van der Waals surface area contributed by atoms with Crippen molar-refractivity contribution in [1.29, 1.82) is 0 Å².